The summed E-state index contributed by atoms with van der Waals surface area (Å²) in [6.45, 7) is 0.390. The number of amides is 4. The van der Waals surface area contributed by atoms with Crippen LogP contribution in [0.5, 0.6) is 23.0 Å². The van der Waals surface area contributed by atoms with Crippen molar-refractivity contribution in [2.24, 2.45) is 0 Å². The Morgan fingerprint density at radius 3 is 2.13 bits per heavy atom. The average molecular weight is 447 g/mol. The molecule has 162 valence electrons. The molecule has 1 aliphatic rings. The molecule has 0 bridgehead atoms. The summed E-state index contributed by atoms with van der Waals surface area (Å²) < 4.78 is 21.9. The lowest BCUT2D eigenvalue weighted by molar-refractivity contribution is -0.123. The van der Waals surface area contributed by atoms with E-state index in [1.165, 1.54) is 19.3 Å². The number of urea groups is 1. The van der Waals surface area contributed by atoms with Crippen LogP contribution in [0.4, 0.5) is 4.79 Å². The number of hydrogen-bond donors (Lipinski definition) is 2. The van der Waals surface area contributed by atoms with Gasteiger partial charge in [-0.1, -0.05) is 23.7 Å². The molecule has 1 fully saturated rings. The maximum atomic E-state index is 11.9. The second-order valence-corrected chi connectivity index (χ2v) is 6.58. The highest BCUT2D eigenvalue weighted by Gasteiger charge is 2.28. The van der Waals surface area contributed by atoms with Gasteiger partial charge in [0.2, 0.25) is 0 Å². The molecule has 4 amide bonds. The summed E-state index contributed by atoms with van der Waals surface area (Å²) in [6, 6.07) is 9.40. The van der Waals surface area contributed by atoms with Gasteiger partial charge in [-0.05, 0) is 35.9 Å². The van der Waals surface area contributed by atoms with Gasteiger partial charge in [-0.2, -0.15) is 0 Å². The fourth-order valence-corrected chi connectivity index (χ4v) is 3.04. The van der Waals surface area contributed by atoms with Crippen LogP contribution in [0, 0.1) is 0 Å². The minimum atomic E-state index is -0.873. The van der Waals surface area contributed by atoms with Crippen LogP contribution in [-0.4, -0.2) is 45.3 Å². The van der Waals surface area contributed by atoms with Crippen LogP contribution >= 0.6 is 11.6 Å². The van der Waals surface area contributed by atoms with Crippen LogP contribution < -0.4 is 29.6 Å². The maximum Gasteiger partial charge on any atom is 0.328 e. The van der Waals surface area contributed by atoms with Crippen molar-refractivity contribution in [3.63, 3.8) is 0 Å². The second kappa shape index (κ2) is 9.86. The summed E-state index contributed by atoms with van der Waals surface area (Å²) in [5.74, 6) is 0.145. The van der Waals surface area contributed by atoms with E-state index >= 15 is 0 Å². The van der Waals surface area contributed by atoms with Crippen molar-refractivity contribution < 1.29 is 33.3 Å². The van der Waals surface area contributed by atoms with Gasteiger partial charge in [0.25, 0.3) is 11.8 Å². The van der Waals surface area contributed by atoms with Crippen molar-refractivity contribution in [2.75, 3.05) is 27.4 Å². The molecule has 2 aromatic rings. The number of imide groups is 2. The number of barbiturate groups is 1. The normalized spacial score (nSPS) is 13.3. The zero-order chi connectivity index (χ0) is 22.4. The Morgan fingerprint density at radius 1 is 0.871 bits per heavy atom. The third kappa shape index (κ3) is 5.26. The molecule has 1 aliphatic heterocycles. The Balaban J connectivity index is 1.71. The van der Waals surface area contributed by atoms with Gasteiger partial charge in [0.1, 0.15) is 18.8 Å². The average Bonchev–Trinajstić information content (AvgIpc) is 2.74. The fourth-order valence-electron chi connectivity index (χ4n) is 2.77. The molecule has 0 saturated carbocycles. The topological polar surface area (TPSA) is 112 Å². The van der Waals surface area contributed by atoms with E-state index < -0.39 is 17.8 Å². The summed E-state index contributed by atoms with van der Waals surface area (Å²) >= 11 is 6.32. The van der Waals surface area contributed by atoms with E-state index in [0.29, 0.717) is 22.8 Å². The summed E-state index contributed by atoms with van der Waals surface area (Å²) in [4.78, 5) is 34.9. The van der Waals surface area contributed by atoms with Gasteiger partial charge in [-0.15, -0.1) is 0 Å². The molecule has 0 aliphatic carbocycles. The third-order valence-corrected chi connectivity index (χ3v) is 4.44. The van der Waals surface area contributed by atoms with E-state index in [-0.39, 0.29) is 29.6 Å². The van der Waals surface area contributed by atoms with Gasteiger partial charge < -0.3 is 18.9 Å². The lowest BCUT2D eigenvalue weighted by atomic mass is 10.1. The molecule has 1 heterocycles. The molecule has 0 unspecified atom stereocenters. The zero-order valence-corrected chi connectivity index (χ0v) is 17.4. The van der Waals surface area contributed by atoms with Crippen molar-refractivity contribution >= 4 is 35.5 Å². The van der Waals surface area contributed by atoms with Crippen molar-refractivity contribution in [1.82, 2.24) is 10.6 Å². The van der Waals surface area contributed by atoms with Gasteiger partial charge in [0.15, 0.2) is 23.0 Å². The second-order valence-electron chi connectivity index (χ2n) is 6.18. The Bertz CT molecular complexity index is 1030. The SMILES string of the molecule is COc1ccccc1OCCOc1c(Cl)cc(C=C2C(=O)NC(=O)NC2=O)cc1OC. The van der Waals surface area contributed by atoms with Crippen LogP contribution in [0.3, 0.4) is 0 Å². The van der Waals surface area contributed by atoms with E-state index in [2.05, 4.69) is 0 Å². The molecule has 0 atom stereocenters. The number of hydrogen-bond acceptors (Lipinski definition) is 7. The first-order chi connectivity index (χ1) is 14.9. The maximum absolute atomic E-state index is 11.9. The fraction of sp³-hybridized carbons (Fsp3) is 0.190. The predicted molar refractivity (Wildman–Crippen MR) is 112 cm³/mol. The summed E-state index contributed by atoms with van der Waals surface area (Å²) in [6.07, 6.45) is 1.29. The number of carbonyl (C=O) groups is 3. The molecule has 0 aromatic heterocycles. The molecule has 10 heteroatoms. The quantitative estimate of drug-likeness (QED) is 0.364. The Labute approximate surface area is 182 Å². The first kappa shape index (κ1) is 22.0. The van der Waals surface area contributed by atoms with Crippen LogP contribution in [0.1, 0.15) is 5.56 Å². The minimum Gasteiger partial charge on any atom is -0.493 e. The van der Waals surface area contributed by atoms with Crippen molar-refractivity contribution in [3.05, 3.63) is 52.6 Å². The molecular weight excluding hydrogens is 428 g/mol. The van der Waals surface area contributed by atoms with Crippen molar-refractivity contribution in [1.29, 1.82) is 0 Å². The number of halogens is 1. The minimum absolute atomic E-state index is 0.168. The number of rotatable bonds is 8. The molecule has 2 aromatic carbocycles. The highest BCUT2D eigenvalue weighted by Crippen LogP contribution is 2.37. The highest BCUT2D eigenvalue weighted by atomic mass is 35.5. The highest BCUT2D eigenvalue weighted by molar-refractivity contribution is 6.33. The Kier molecular flexibility index (Phi) is 6.99. The van der Waals surface area contributed by atoms with E-state index in [1.54, 1.807) is 25.3 Å². The summed E-state index contributed by atoms with van der Waals surface area (Å²) in [7, 11) is 2.98. The number of carbonyl (C=O) groups excluding carboxylic acids is 3. The summed E-state index contributed by atoms with van der Waals surface area (Å²) in [5, 5.41) is 4.21. The van der Waals surface area contributed by atoms with Gasteiger partial charge in [0.05, 0.1) is 19.2 Å². The van der Waals surface area contributed by atoms with Crippen LogP contribution in [-0.2, 0) is 9.59 Å². The third-order valence-electron chi connectivity index (χ3n) is 4.16. The van der Waals surface area contributed by atoms with E-state index in [9.17, 15) is 14.4 Å². The molecule has 9 nitrogen and oxygen atoms in total. The van der Waals surface area contributed by atoms with Gasteiger partial charge in [0, 0.05) is 0 Å². The Morgan fingerprint density at radius 2 is 1.48 bits per heavy atom. The van der Waals surface area contributed by atoms with Gasteiger partial charge in [-0.3, -0.25) is 20.2 Å². The van der Waals surface area contributed by atoms with E-state index in [1.807, 2.05) is 22.8 Å². The summed E-state index contributed by atoms with van der Waals surface area (Å²) in [5.41, 5.74) is 0.172. The van der Waals surface area contributed by atoms with Crippen molar-refractivity contribution in [3.8, 4) is 23.0 Å². The molecule has 2 N–H and O–H groups in total. The number of para-hydroxylation sites is 2. The molecular formula is C21H19ClN2O7. The van der Waals surface area contributed by atoms with Crippen LogP contribution in [0.15, 0.2) is 42.0 Å². The zero-order valence-electron chi connectivity index (χ0n) is 16.7. The number of ether oxygens (including phenoxy) is 4. The lowest BCUT2D eigenvalue weighted by Gasteiger charge is -2.16. The molecule has 0 radical (unpaired) electrons. The number of methoxy groups -OCH3 is 2. The van der Waals surface area contributed by atoms with Crippen LogP contribution in [0.25, 0.3) is 6.08 Å². The number of benzene rings is 2. The smallest absolute Gasteiger partial charge is 0.328 e. The predicted octanol–water partition coefficient (Wildman–Crippen LogP) is 2.56. The number of nitrogens with one attached hydrogen (secondary N) is 2. The first-order valence-corrected chi connectivity index (χ1v) is 9.45. The monoisotopic (exact) mass is 446 g/mol. The van der Waals surface area contributed by atoms with Crippen LogP contribution in [0.2, 0.25) is 5.02 Å². The molecule has 3 rings (SSSR count). The van der Waals surface area contributed by atoms with E-state index in [4.69, 9.17) is 30.5 Å². The Hall–Kier alpha value is -3.72. The van der Waals surface area contributed by atoms with Gasteiger partial charge >= 0.3 is 6.03 Å². The molecule has 1 saturated heterocycles. The van der Waals surface area contributed by atoms with Gasteiger partial charge in [-0.25, -0.2) is 4.79 Å². The standard InChI is InChI=1S/C21H19ClN2O7/c1-28-15-5-3-4-6-16(15)30-7-8-31-18-14(22)10-12(11-17(18)29-2)9-13-19(25)23-21(27)24-20(13)26/h3-6,9-11H,7-8H2,1-2H3,(H2,23,24,25,26,27). The largest absolute Gasteiger partial charge is 0.493 e. The molecule has 31 heavy (non-hydrogen) atoms. The lowest BCUT2D eigenvalue weighted by Crippen LogP contribution is -2.51. The molecule has 0 spiro atoms. The van der Waals surface area contributed by atoms with E-state index in [0.717, 1.165) is 0 Å². The van der Waals surface area contributed by atoms with Crippen molar-refractivity contribution in [2.45, 2.75) is 0 Å². The first-order valence-electron chi connectivity index (χ1n) is 9.07.